The highest BCUT2D eigenvalue weighted by atomic mass is 16.5. The zero-order valence-corrected chi connectivity index (χ0v) is 19.4. The summed E-state index contributed by atoms with van der Waals surface area (Å²) in [5, 5.41) is 13.9. The summed E-state index contributed by atoms with van der Waals surface area (Å²) in [6.07, 6.45) is 7.43. The Hall–Kier alpha value is -3.05. The van der Waals surface area contributed by atoms with Gasteiger partial charge in [0.2, 0.25) is 11.8 Å². The Morgan fingerprint density at radius 3 is 2.73 bits per heavy atom. The number of hydrogen-bond acceptors (Lipinski definition) is 6. The third-order valence-electron chi connectivity index (χ3n) is 7.68. The predicted molar refractivity (Wildman–Crippen MR) is 124 cm³/mol. The van der Waals surface area contributed by atoms with Crippen molar-refractivity contribution >= 4 is 17.8 Å². The molecule has 8 heteroatoms. The maximum atomic E-state index is 13.2. The molecule has 0 saturated heterocycles. The fourth-order valence-electron chi connectivity index (χ4n) is 5.11. The quantitative estimate of drug-likeness (QED) is 0.567. The van der Waals surface area contributed by atoms with Gasteiger partial charge in [-0.3, -0.25) is 14.5 Å². The molecule has 8 nitrogen and oxygen atoms in total. The summed E-state index contributed by atoms with van der Waals surface area (Å²) in [6.45, 7) is 6.24. The van der Waals surface area contributed by atoms with Crippen molar-refractivity contribution in [1.82, 2.24) is 10.2 Å². The van der Waals surface area contributed by atoms with Crippen molar-refractivity contribution in [2.24, 2.45) is 28.5 Å². The highest BCUT2D eigenvalue weighted by Gasteiger charge is 2.55. The van der Waals surface area contributed by atoms with Crippen LogP contribution >= 0.6 is 0 Å². The van der Waals surface area contributed by atoms with Crippen LogP contribution in [0.1, 0.15) is 51.6 Å². The first kappa shape index (κ1) is 23.1. The number of fused-ring (bicyclic) bond motifs is 1. The lowest BCUT2D eigenvalue weighted by molar-refractivity contribution is -0.130. The largest absolute Gasteiger partial charge is 0.489 e. The van der Waals surface area contributed by atoms with Crippen molar-refractivity contribution in [2.75, 3.05) is 13.2 Å². The molecule has 33 heavy (non-hydrogen) atoms. The predicted octanol–water partition coefficient (Wildman–Crippen LogP) is 1.59. The Labute approximate surface area is 194 Å². The van der Waals surface area contributed by atoms with E-state index in [1.807, 2.05) is 32.9 Å². The zero-order valence-electron chi connectivity index (χ0n) is 19.4. The van der Waals surface area contributed by atoms with Crippen LogP contribution in [0, 0.1) is 30.1 Å². The zero-order chi connectivity index (χ0) is 24.0. The number of terminal acetylenes is 1. The van der Waals surface area contributed by atoms with E-state index in [2.05, 4.69) is 16.2 Å². The van der Waals surface area contributed by atoms with Gasteiger partial charge >= 0.3 is 0 Å². The summed E-state index contributed by atoms with van der Waals surface area (Å²) in [5.41, 5.74) is 4.74. The van der Waals surface area contributed by atoms with E-state index in [0.29, 0.717) is 24.3 Å². The number of benzene rings is 1. The van der Waals surface area contributed by atoms with Crippen molar-refractivity contribution in [1.29, 1.82) is 0 Å². The Bertz CT molecular complexity index is 1030. The van der Waals surface area contributed by atoms with Gasteiger partial charge in [-0.25, -0.2) is 4.99 Å². The number of aliphatic imine (C=N–C) groups is 1. The molecule has 0 bridgehead atoms. The number of guanidine groups is 1. The minimum absolute atomic E-state index is 0.0486. The molecule has 176 valence electrons. The molecule has 2 amide bonds. The monoisotopic (exact) mass is 452 g/mol. The van der Waals surface area contributed by atoms with Crippen LogP contribution in [0.4, 0.5) is 0 Å². The molecule has 5 atom stereocenters. The number of nitrogens with zero attached hydrogens (tertiary/aromatic N) is 2. The highest BCUT2D eigenvalue weighted by molar-refractivity contribution is 5.99. The third-order valence-corrected chi connectivity index (χ3v) is 7.68. The summed E-state index contributed by atoms with van der Waals surface area (Å²) < 4.78 is 5.60. The van der Waals surface area contributed by atoms with E-state index in [1.54, 1.807) is 12.1 Å². The molecule has 0 aromatic heterocycles. The van der Waals surface area contributed by atoms with E-state index in [1.165, 1.54) is 4.90 Å². The van der Waals surface area contributed by atoms with Crippen LogP contribution in [0.2, 0.25) is 0 Å². The van der Waals surface area contributed by atoms with Gasteiger partial charge in [-0.2, -0.15) is 0 Å². The molecular weight excluding hydrogens is 420 g/mol. The number of carbonyl (C=O) groups excluding carboxylic acids is 2. The number of amides is 2. The molecule has 0 spiro atoms. The molecule has 4 N–H and O–H groups in total. The standard InChI is InChI=1S/C25H32N4O4/c1-5-24(6-2)12-19(30)29(23(26)28-24)13-17-15(4)20(17)22(31)27-21-16-10-8-9-11-18(16)33-14-25(21,32)7-3/h3,8-11,15,17,20-21,32H,5-6,12-14H2,1-2,4H3,(H2,26,28)(H,27,31)/t15?,17?,20?,21-,25+/m1/s1. The van der Waals surface area contributed by atoms with Gasteiger partial charge in [-0.1, -0.05) is 44.9 Å². The van der Waals surface area contributed by atoms with Crippen molar-refractivity contribution in [3.8, 4) is 18.1 Å². The maximum Gasteiger partial charge on any atom is 0.231 e. The van der Waals surface area contributed by atoms with Crippen LogP contribution in [0.3, 0.4) is 0 Å². The van der Waals surface area contributed by atoms with E-state index in [9.17, 15) is 14.7 Å². The first-order valence-corrected chi connectivity index (χ1v) is 11.6. The van der Waals surface area contributed by atoms with Crippen molar-refractivity contribution in [3.05, 3.63) is 29.8 Å². The molecule has 2 aliphatic heterocycles. The number of nitrogens with two attached hydrogens (primary N) is 1. The van der Waals surface area contributed by atoms with E-state index in [-0.39, 0.29) is 42.1 Å². The van der Waals surface area contributed by atoms with Gasteiger partial charge < -0.3 is 20.9 Å². The van der Waals surface area contributed by atoms with Crippen LogP contribution in [0.25, 0.3) is 0 Å². The number of nitrogens with one attached hydrogen (secondary N) is 1. The van der Waals surface area contributed by atoms with Crippen LogP contribution in [0.15, 0.2) is 29.3 Å². The van der Waals surface area contributed by atoms with Gasteiger partial charge in [0.1, 0.15) is 18.4 Å². The lowest BCUT2D eigenvalue weighted by Crippen LogP contribution is -2.52. The lowest BCUT2D eigenvalue weighted by Gasteiger charge is -2.37. The molecule has 1 aromatic rings. The van der Waals surface area contributed by atoms with Crippen LogP contribution < -0.4 is 15.8 Å². The van der Waals surface area contributed by atoms with Crippen molar-refractivity contribution in [2.45, 2.75) is 57.2 Å². The van der Waals surface area contributed by atoms with Crippen molar-refractivity contribution < 1.29 is 19.4 Å². The van der Waals surface area contributed by atoms with E-state index in [4.69, 9.17) is 16.9 Å². The van der Waals surface area contributed by atoms with Crippen LogP contribution in [-0.4, -0.2) is 52.1 Å². The summed E-state index contributed by atoms with van der Waals surface area (Å²) in [6, 6.07) is 6.41. The van der Waals surface area contributed by atoms with E-state index in [0.717, 1.165) is 12.8 Å². The Morgan fingerprint density at radius 2 is 2.09 bits per heavy atom. The van der Waals surface area contributed by atoms with Gasteiger partial charge in [0.15, 0.2) is 11.6 Å². The van der Waals surface area contributed by atoms with Crippen LogP contribution in [-0.2, 0) is 9.59 Å². The molecule has 0 radical (unpaired) electrons. The fourth-order valence-corrected chi connectivity index (χ4v) is 5.11. The minimum Gasteiger partial charge on any atom is -0.489 e. The number of para-hydroxylation sites is 1. The number of carbonyl (C=O) groups is 2. The normalized spacial score (nSPS) is 32.2. The summed E-state index contributed by atoms with van der Waals surface area (Å²) >= 11 is 0. The second-order valence-corrected chi connectivity index (χ2v) is 9.47. The average Bonchev–Trinajstić information content (AvgIpc) is 3.46. The summed E-state index contributed by atoms with van der Waals surface area (Å²) in [4.78, 5) is 32.2. The first-order valence-electron chi connectivity index (χ1n) is 11.6. The fraction of sp³-hybridized carbons (Fsp3) is 0.560. The number of hydrogen-bond donors (Lipinski definition) is 3. The van der Waals surface area contributed by atoms with Gasteiger partial charge in [-0.05, 0) is 30.7 Å². The summed E-state index contributed by atoms with van der Waals surface area (Å²) in [7, 11) is 0. The molecule has 3 aliphatic rings. The molecule has 1 saturated carbocycles. The van der Waals surface area contributed by atoms with Gasteiger partial charge in [0.25, 0.3) is 0 Å². The van der Waals surface area contributed by atoms with Gasteiger partial charge in [0, 0.05) is 18.0 Å². The van der Waals surface area contributed by atoms with Crippen molar-refractivity contribution in [3.63, 3.8) is 0 Å². The average molecular weight is 453 g/mol. The Morgan fingerprint density at radius 1 is 1.39 bits per heavy atom. The molecule has 2 heterocycles. The Kier molecular flexibility index (Phi) is 5.87. The molecule has 4 rings (SSSR count). The minimum atomic E-state index is -1.65. The second kappa shape index (κ2) is 8.38. The SMILES string of the molecule is C#C[C@]1(O)COc2ccccc2[C@H]1NC(=O)C1C(C)C1CN1C(=O)CC(CC)(CC)N=C1N. The number of ether oxygens (including phenoxy) is 1. The maximum absolute atomic E-state index is 13.2. The topological polar surface area (TPSA) is 117 Å². The lowest BCUT2D eigenvalue weighted by atomic mass is 9.87. The second-order valence-electron chi connectivity index (χ2n) is 9.47. The molecule has 1 fully saturated rings. The van der Waals surface area contributed by atoms with E-state index >= 15 is 0 Å². The highest BCUT2D eigenvalue weighted by Crippen LogP contribution is 2.48. The van der Waals surface area contributed by atoms with Gasteiger partial charge in [-0.15, -0.1) is 6.42 Å². The van der Waals surface area contributed by atoms with Gasteiger partial charge in [0.05, 0.1) is 12.0 Å². The van der Waals surface area contributed by atoms with E-state index < -0.39 is 17.2 Å². The number of rotatable bonds is 6. The van der Waals surface area contributed by atoms with Crippen LogP contribution in [0.5, 0.6) is 5.75 Å². The first-order chi connectivity index (χ1) is 15.7. The Balaban J connectivity index is 1.48. The summed E-state index contributed by atoms with van der Waals surface area (Å²) in [5.74, 6) is 2.64. The number of aliphatic hydroxyl groups is 1. The molecule has 1 aliphatic carbocycles. The molecule has 3 unspecified atom stereocenters. The molecular formula is C25H32N4O4. The molecule has 1 aromatic carbocycles. The smallest absolute Gasteiger partial charge is 0.231 e. The third kappa shape index (κ3) is 3.95.